The Labute approximate surface area is 125 Å². The van der Waals surface area contributed by atoms with Gasteiger partial charge < -0.3 is 10.6 Å². The van der Waals surface area contributed by atoms with E-state index in [4.69, 9.17) is 18.0 Å². The lowest BCUT2D eigenvalue weighted by atomic mass is 10.1. The fraction of sp³-hybridized carbons (Fsp3) is 0.250. The predicted molar refractivity (Wildman–Crippen MR) is 87.9 cm³/mol. The molecule has 0 radical (unpaired) electrons. The van der Waals surface area contributed by atoms with Crippen molar-refractivity contribution in [2.24, 2.45) is 5.73 Å². The van der Waals surface area contributed by atoms with Gasteiger partial charge in [-0.05, 0) is 31.5 Å². The Balaban J connectivity index is 2.29. The largest absolute Gasteiger partial charge is 0.388 e. The van der Waals surface area contributed by atoms with E-state index in [0.29, 0.717) is 16.7 Å². The summed E-state index contributed by atoms with van der Waals surface area (Å²) in [6, 6.07) is 14.7. The molecule has 0 aliphatic rings. The van der Waals surface area contributed by atoms with Crippen LogP contribution in [-0.2, 0) is 6.54 Å². The maximum atomic E-state index is 5.66. The zero-order valence-electron chi connectivity index (χ0n) is 11.8. The molecule has 0 atom stereocenters. The summed E-state index contributed by atoms with van der Waals surface area (Å²) in [7, 11) is 0. The summed E-state index contributed by atoms with van der Waals surface area (Å²) in [6.07, 6.45) is 1.75. The average molecular weight is 285 g/mol. The van der Waals surface area contributed by atoms with Gasteiger partial charge in [0.15, 0.2) is 0 Å². The van der Waals surface area contributed by atoms with Gasteiger partial charge in [-0.15, -0.1) is 0 Å². The first kappa shape index (κ1) is 14.5. The molecule has 20 heavy (non-hydrogen) atoms. The van der Waals surface area contributed by atoms with Gasteiger partial charge >= 0.3 is 0 Å². The molecule has 104 valence electrons. The van der Waals surface area contributed by atoms with Crippen molar-refractivity contribution in [3.8, 4) is 0 Å². The molecule has 2 N–H and O–H groups in total. The molecule has 0 saturated carbocycles. The third kappa shape index (κ3) is 3.54. The summed E-state index contributed by atoms with van der Waals surface area (Å²) in [6.45, 7) is 5.19. The number of thiocarbonyl (C=S) groups is 1. The first-order valence-corrected chi connectivity index (χ1v) is 7.05. The van der Waals surface area contributed by atoms with Crippen molar-refractivity contribution >= 4 is 22.9 Å². The Morgan fingerprint density at radius 2 is 1.95 bits per heavy atom. The number of nitrogens with two attached hydrogens (primary N) is 1. The number of hydrogen-bond acceptors (Lipinski definition) is 3. The third-order valence-corrected chi connectivity index (χ3v) is 3.36. The monoisotopic (exact) mass is 285 g/mol. The van der Waals surface area contributed by atoms with Crippen LogP contribution in [0.1, 0.15) is 25.1 Å². The van der Waals surface area contributed by atoms with E-state index in [9.17, 15) is 0 Å². The van der Waals surface area contributed by atoms with E-state index in [1.165, 1.54) is 5.56 Å². The molecular formula is C16H19N3S. The van der Waals surface area contributed by atoms with Crippen molar-refractivity contribution < 1.29 is 0 Å². The van der Waals surface area contributed by atoms with Crippen LogP contribution < -0.4 is 10.6 Å². The predicted octanol–water partition coefficient (Wildman–Crippen LogP) is 3.13. The summed E-state index contributed by atoms with van der Waals surface area (Å²) >= 11 is 5.00. The minimum Gasteiger partial charge on any atom is -0.388 e. The molecule has 4 heteroatoms. The summed E-state index contributed by atoms with van der Waals surface area (Å²) in [5, 5.41) is 0. The summed E-state index contributed by atoms with van der Waals surface area (Å²) in [5.41, 5.74) is 8.68. The lowest BCUT2D eigenvalue weighted by Gasteiger charge is -2.29. The number of rotatable bonds is 5. The Bertz CT molecular complexity index is 581. The first-order chi connectivity index (χ1) is 9.58. The summed E-state index contributed by atoms with van der Waals surface area (Å²) in [5.74, 6) is 0. The van der Waals surface area contributed by atoms with Crippen molar-refractivity contribution in [2.75, 3.05) is 4.90 Å². The molecule has 0 amide bonds. The number of nitrogens with zero attached hydrogens (tertiary/aromatic N) is 2. The molecule has 0 aliphatic carbocycles. The van der Waals surface area contributed by atoms with Crippen LogP contribution in [0.3, 0.4) is 0 Å². The van der Waals surface area contributed by atoms with Gasteiger partial charge in [0.05, 0.1) is 5.69 Å². The zero-order chi connectivity index (χ0) is 14.5. The van der Waals surface area contributed by atoms with Gasteiger partial charge in [-0.2, -0.15) is 0 Å². The van der Waals surface area contributed by atoms with Gasteiger partial charge in [-0.3, -0.25) is 4.98 Å². The van der Waals surface area contributed by atoms with Crippen LogP contribution in [0.5, 0.6) is 0 Å². The topological polar surface area (TPSA) is 42.2 Å². The highest BCUT2D eigenvalue weighted by Gasteiger charge is 2.12. The molecule has 0 spiro atoms. The van der Waals surface area contributed by atoms with Gasteiger partial charge in [-0.1, -0.05) is 42.5 Å². The van der Waals surface area contributed by atoms with Gasteiger partial charge in [0.2, 0.25) is 0 Å². The van der Waals surface area contributed by atoms with E-state index in [1.807, 2.05) is 18.2 Å². The van der Waals surface area contributed by atoms with Gasteiger partial charge in [0, 0.05) is 24.5 Å². The van der Waals surface area contributed by atoms with Gasteiger partial charge in [-0.25, -0.2) is 0 Å². The van der Waals surface area contributed by atoms with Crippen molar-refractivity contribution in [2.45, 2.75) is 26.4 Å². The van der Waals surface area contributed by atoms with Crippen LogP contribution in [0.25, 0.3) is 0 Å². The molecule has 3 nitrogen and oxygen atoms in total. The number of pyridine rings is 1. The highest BCUT2D eigenvalue weighted by Crippen LogP contribution is 2.20. The Morgan fingerprint density at radius 3 is 2.55 bits per heavy atom. The quantitative estimate of drug-likeness (QED) is 0.857. The molecule has 0 bridgehead atoms. The normalized spacial score (nSPS) is 10.6. The number of anilines is 1. The third-order valence-electron chi connectivity index (χ3n) is 3.15. The molecule has 1 heterocycles. The zero-order valence-corrected chi connectivity index (χ0v) is 12.6. The molecule has 0 saturated heterocycles. The average Bonchev–Trinajstić information content (AvgIpc) is 2.45. The van der Waals surface area contributed by atoms with Crippen molar-refractivity contribution in [3.63, 3.8) is 0 Å². The van der Waals surface area contributed by atoms with E-state index in [-0.39, 0.29) is 0 Å². The minimum atomic E-state index is 0.329. The first-order valence-electron chi connectivity index (χ1n) is 6.64. The second kappa shape index (κ2) is 6.48. The van der Waals surface area contributed by atoms with E-state index in [2.05, 4.69) is 48.0 Å². The Kier molecular flexibility index (Phi) is 4.69. The van der Waals surface area contributed by atoms with Crippen LogP contribution in [-0.4, -0.2) is 16.0 Å². The fourth-order valence-corrected chi connectivity index (χ4v) is 2.20. The molecule has 0 unspecified atom stereocenters. The fourth-order valence-electron chi connectivity index (χ4n) is 2.08. The molecule has 1 aromatic heterocycles. The van der Waals surface area contributed by atoms with Crippen LogP contribution in [0.15, 0.2) is 48.7 Å². The van der Waals surface area contributed by atoms with E-state index in [1.54, 1.807) is 6.20 Å². The molecule has 2 aromatic rings. The van der Waals surface area contributed by atoms with E-state index in [0.717, 1.165) is 12.2 Å². The number of benzene rings is 1. The lowest BCUT2D eigenvalue weighted by Crippen LogP contribution is -2.30. The smallest absolute Gasteiger partial charge is 0.122 e. The van der Waals surface area contributed by atoms with Crippen LogP contribution >= 0.6 is 12.2 Å². The second-order valence-corrected chi connectivity index (χ2v) is 5.41. The Morgan fingerprint density at radius 1 is 1.25 bits per heavy atom. The maximum absolute atomic E-state index is 5.66. The van der Waals surface area contributed by atoms with Crippen LogP contribution in [0, 0.1) is 0 Å². The highest BCUT2D eigenvalue weighted by molar-refractivity contribution is 7.80. The van der Waals surface area contributed by atoms with Crippen LogP contribution in [0.4, 0.5) is 5.69 Å². The number of hydrogen-bond donors (Lipinski definition) is 1. The maximum Gasteiger partial charge on any atom is 0.122 e. The molecule has 2 rings (SSSR count). The molecule has 1 aromatic carbocycles. The van der Waals surface area contributed by atoms with E-state index < -0.39 is 0 Å². The van der Waals surface area contributed by atoms with Gasteiger partial charge in [0.25, 0.3) is 0 Å². The van der Waals surface area contributed by atoms with Crippen molar-refractivity contribution in [1.29, 1.82) is 0 Å². The summed E-state index contributed by atoms with van der Waals surface area (Å²) in [4.78, 5) is 6.83. The number of aromatic nitrogens is 1. The lowest BCUT2D eigenvalue weighted by molar-refractivity contribution is 0.682. The van der Waals surface area contributed by atoms with Crippen molar-refractivity contribution in [1.82, 2.24) is 4.98 Å². The SMILES string of the molecule is CC(C)N(Cc1ccccc1)c1ccnc(C(N)=S)c1. The molecule has 0 fully saturated rings. The minimum absolute atomic E-state index is 0.329. The summed E-state index contributed by atoms with van der Waals surface area (Å²) < 4.78 is 0. The standard InChI is InChI=1S/C16H19N3S/c1-12(2)19(11-13-6-4-3-5-7-13)14-8-9-18-15(10-14)16(17)20/h3-10,12H,11H2,1-2H3,(H2,17,20). The van der Waals surface area contributed by atoms with Gasteiger partial charge in [0.1, 0.15) is 4.99 Å². The Hall–Kier alpha value is -1.94. The highest BCUT2D eigenvalue weighted by atomic mass is 32.1. The van der Waals surface area contributed by atoms with Crippen LogP contribution in [0.2, 0.25) is 0 Å². The molecular weight excluding hydrogens is 266 g/mol. The molecule has 0 aliphatic heterocycles. The van der Waals surface area contributed by atoms with Crippen molar-refractivity contribution in [3.05, 3.63) is 59.9 Å². The van der Waals surface area contributed by atoms with E-state index >= 15 is 0 Å². The second-order valence-electron chi connectivity index (χ2n) is 4.97.